The number of piperidine rings is 1. The van der Waals surface area contributed by atoms with Crippen LogP contribution < -0.4 is 0 Å². The zero-order valence-electron chi connectivity index (χ0n) is 7.39. The average molecular weight is 234 g/mol. The lowest BCUT2D eigenvalue weighted by molar-refractivity contribution is -0.133. The maximum Gasteiger partial charge on any atom is 0.222 e. The quantitative estimate of drug-likeness (QED) is 0.539. The molecule has 0 saturated carbocycles. The van der Waals surface area contributed by atoms with Crippen LogP contribution in [-0.4, -0.2) is 29.2 Å². The second kappa shape index (κ2) is 5.57. The second-order valence-corrected chi connectivity index (χ2v) is 4.03. The van der Waals surface area contributed by atoms with E-state index in [1.54, 1.807) is 0 Å². The van der Waals surface area contributed by atoms with Gasteiger partial charge in [-0.2, -0.15) is 0 Å². The van der Waals surface area contributed by atoms with Crippen LogP contribution in [0.15, 0.2) is 0 Å². The van der Waals surface area contributed by atoms with Crippen molar-refractivity contribution >= 4 is 21.8 Å². The lowest BCUT2D eigenvalue weighted by atomic mass is 10.1. The lowest BCUT2D eigenvalue weighted by Crippen LogP contribution is -2.35. The third kappa shape index (κ3) is 3.13. The maximum absolute atomic E-state index is 11.3. The number of carbonyl (C=O) groups is 1. The predicted molar refractivity (Wildman–Crippen MR) is 53.5 cm³/mol. The van der Waals surface area contributed by atoms with Crippen molar-refractivity contribution in [1.82, 2.24) is 4.90 Å². The summed E-state index contributed by atoms with van der Waals surface area (Å²) in [4.78, 5) is 13.3. The average Bonchev–Trinajstić information content (AvgIpc) is 2.09. The molecule has 2 nitrogen and oxygen atoms in total. The summed E-state index contributed by atoms with van der Waals surface area (Å²) in [5.41, 5.74) is 0. The fraction of sp³-hybridized carbons (Fsp3) is 0.889. The normalized spacial score (nSPS) is 18.4. The fourth-order valence-corrected chi connectivity index (χ4v) is 1.89. The number of hydrogen-bond acceptors (Lipinski definition) is 1. The number of halogens is 1. The molecule has 1 rings (SSSR count). The third-order valence-electron chi connectivity index (χ3n) is 2.23. The Morgan fingerprint density at radius 2 is 2.17 bits per heavy atom. The zero-order chi connectivity index (χ0) is 8.81. The van der Waals surface area contributed by atoms with E-state index in [-0.39, 0.29) is 0 Å². The van der Waals surface area contributed by atoms with Crippen molar-refractivity contribution in [2.45, 2.75) is 32.1 Å². The number of amides is 1. The summed E-state index contributed by atoms with van der Waals surface area (Å²) in [6.45, 7) is 1.95. The first-order valence-electron chi connectivity index (χ1n) is 4.68. The highest BCUT2D eigenvalue weighted by Crippen LogP contribution is 2.11. The van der Waals surface area contributed by atoms with Crippen LogP contribution >= 0.6 is 15.9 Å². The zero-order valence-corrected chi connectivity index (χ0v) is 8.98. The van der Waals surface area contributed by atoms with Gasteiger partial charge in [-0.1, -0.05) is 15.9 Å². The molecule has 1 saturated heterocycles. The van der Waals surface area contributed by atoms with Gasteiger partial charge in [0, 0.05) is 24.8 Å². The molecule has 12 heavy (non-hydrogen) atoms. The number of rotatable bonds is 4. The highest BCUT2D eigenvalue weighted by atomic mass is 79.9. The highest BCUT2D eigenvalue weighted by molar-refractivity contribution is 9.09. The van der Waals surface area contributed by atoms with E-state index in [4.69, 9.17) is 0 Å². The summed E-state index contributed by atoms with van der Waals surface area (Å²) in [5, 5.41) is 1.05. The monoisotopic (exact) mass is 233 g/mol. The topological polar surface area (TPSA) is 20.3 Å². The fourth-order valence-electron chi connectivity index (χ4n) is 1.50. The first-order valence-corrected chi connectivity index (χ1v) is 5.80. The van der Waals surface area contributed by atoms with E-state index in [0.29, 0.717) is 5.91 Å². The van der Waals surface area contributed by atoms with Crippen molar-refractivity contribution < 1.29 is 4.79 Å². The number of hydrogen-bond donors (Lipinski definition) is 0. The van der Waals surface area contributed by atoms with Crippen LogP contribution in [0.5, 0.6) is 0 Å². The number of nitrogens with zero attached hydrogens (tertiary/aromatic N) is 1. The van der Waals surface area contributed by atoms with Gasteiger partial charge in [0.15, 0.2) is 0 Å². The van der Waals surface area contributed by atoms with Crippen molar-refractivity contribution in [3.05, 3.63) is 0 Å². The van der Waals surface area contributed by atoms with E-state index in [1.807, 2.05) is 4.90 Å². The van der Waals surface area contributed by atoms with Gasteiger partial charge in [-0.25, -0.2) is 0 Å². The molecule has 3 heteroatoms. The molecule has 0 N–H and O–H groups in total. The third-order valence-corrected chi connectivity index (χ3v) is 2.79. The number of unbranched alkanes of at least 4 members (excludes halogenated alkanes) is 1. The van der Waals surface area contributed by atoms with Crippen LogP contribution in [0.3, 0.4) is 0 Å². The minimum absolute atomic E-state index is 0.357. The van der Waals surface area contributed by atoms with Crippen molar-refractivity contribution in [2.24, 2.45) is 0 Å². The molecule has 70 valence electrons. The van der Waals surface area contributed by atoms with E-state index in [0.717, 1.165) is 37.7 Å². The Morgan fingerprint density at radius 1 is 1.33 bits per heavy atom. The van der Waals surface area contributed by atoms with Gasteiger partial charge in [-0.05, 0) is 25.7 Å². The number of likely N-dealkylation sites (tertiary alicyclic amines) is 1. The van der Waals surface area contributed by atoms with Crippen molar-refractivity contribution in [1.29, 1.82) is 0 Å². The van der Waals surface area contributed by atoms with Crippen molar-refractivity contribution in [3.63, 3.8) is 0 Å². The lowest BCUT2D eigenvalue weighted by Gasteiger charge is -2.26. The van der Waals surface area contributed by atoms with E-state index in [9.17, 15) is 4.79 Å². The Kier molecular flexibility index (Phi) is 4.66. The van der Waals surface area contributed by atoms with E-state index < -0.39 is 0 Å². The van der Waals surface area contributed by atoms with Gasteiger partial charge in [-0.15, -0.1) is 0 Å². The Labute approximate surface area is 82.4 Å². The number of alkyl halides is 1. The van der Waals surface area contributed by atoms with E-state index in [1.165, 1.54) is 12.8 Å². The molecule has 1 aliphatic heterocycles. The summed E-state index contributed by atoms with van der Waals surface area (Å²) in [6, 6.07) is 0. The highest BCUT2D eigenvalue weighted by Gasteiger charge is 2.16. The van der Waals surface area contributed by atoms with Gasteiger partial charge >= 0.3 is 0 Å². The van der Waals surface area contributed by atoms with Crippen LogP contribution in [0.2, 0.25) is 0 Å². The molecular weight excluding hydrogens is 218 g/mol. The van der Waals surface area contributed by atoms with Gasteiger partial charge in [0.25, 0.3) is 0 Å². The van der Waals surface area contributed by atoms with Crippen LogP contribution in [0.25, 0.3) is 0 Å². The molecule has 0 aromatic heterocycles. The molecule has 1 heterocycles. The second-order valence-electron chi connectivity index (χ2n) is 3.23. The Bertz CT molecular complexity index is 149. The standard InChI is InChI=1S/C9H16BrNO/c10-6-2-4-8-11-7-3-1-5-9(11)12/h1-8H2. The molecule has 0 bridgehead atoms. The van der Waals surface area contributed by atoms with E-state index in [2.05, 4.69) is 15.9 Å². The first kappa shape index (κ1) is 10.0. The molecule has 0 spiro atoms. The molecular formula is C9H16BrNO. The Morgan fingerprint density at radius 3 is 2.83 bits per heavy atom. The summed E-state index contributed by atoms with van der Waals surface area (Å²) in [7, 11) is 0. The molecule has 0 aromatic carbocycles. The van der Waals surface area contributed by atoms with Gasteiger partial charge in [0.05, 0.1) is 0 Å². The van der Waals surface area contributed by atoms with Crippen LogP contribution in [-0.2, 0) is 4.79 Å². The predicted octanol–water partition coefficient (Wildman–Crippen LogP) is 2.17. The smallest absolute Gasteiger partial charge is 0.222 e. The van der Waals surface area contributed by atoms with Crippen molar-refractivity contribution in [3.8, 4) is 0 Å². The van der Waals surface area contributed by atoms with Gasteiger partial charge in [0.1, 0.15) is 0 Å². The summed E-state index contributed by atoms with van der Waals surface area (Å²) in [6.07, 6.45) is 5.36. The van der Waals surface area contributed by atoms with Crippen LogP contribution in [0, 0.1) is 0 Å². The summed E-state index contributed by atoms with van der Waals surface area (Å²) in [5.74, 6) is 0.357. The van der Waals surface area contributed by atoms with Crippen LogP contribution in [0.4, 0.5) is 0 Å². The largest absolute Gasteiger partial charge is 0.343 e. The molecule has 1 fully saturated rings. The van der Waals surface area contributed by atoms with Gasteiger partial charge in [-0.3, -0.25) is 4.79 Å². The maximum atomic E-state index is 11.3. The molecule has 0 radical (unpaired) electrons. The number of carbonyl (C=O) groups excluding carboxylic acids is 1. The Hall–Kier alpha value is -0.0500. The SMILES string of the molecule is O=C1CCCCN1CCCCBr. The van der Waals surface area contributed by atoms with Gasteiger partial charge < -0.3 is 4.90 Å². The molecule has 1 amide bonds. The summed E-state index contributed by atoms with van der Waals surface area (Å²) >= 11 is 3.39. The van der Waals surface area contributed by atoms with E-state index >= 15 is 0 Å². The Balaban J connectivity index is 2.16. The van der Waals surface area contributed by atoms with Gasteiger partial charge in [0.2, 0.25) is 5.91 Å². The minimum Gasteiger partial charge on any atom is -0.343 e. The van der Waals surface area contributed by atoms with Crippen molar-refractivity contribution in [2.75, 3.05) is 18.4 Å². The molecule has 0 aliphatic carbocycles. The van der Waals surface area contributed by atoms with Crippen LogP contribution in [0.1, 0.15) is 32.1 Å². The minimum atomic E-state index is 0.357. The summed E-state index contributed by atoms with van der Waals surface area (Å²) < 4.78 is 0. The molecule has 0 atom stereocenters. The molecule has 1 aliphatic rings. The first-order chi connectivity index (χ1) is 5.84. The molecule has 0 unspecified atom stereocenters. The molecule has 0 aromatic rings.